The van der Waals surface area contributed by atoms with Crippen LogP contribution in [0.15, 0.2) is 36.4 Å². The van der Waals surface area contributed by atoms with Gasteiger partial charge in [0.1, 0.15) is 17.3 Å². The Hall–Kier alpha value is -2.44. The summed E-state index contributed by atoms with van der Waals surface area (Å²) in [5.74, 6) is -2.97. The van der Waals surface area contributed by atoms with Crippen molar-refractivity contribution in [3.63, 3.8) is 0 Å². The van der Waals surface area contributed by atoms with Gasteiger partial charge in [-0.05, 0) is 48.6 Å². The van der Waals surface area contributed by atoms with Gasteiger partial charge in [0, 0.05) is 17.1 Å². The monoisotopic (exact) mass is 442 g/mol. The lowest BCUT2D eigenvalue weighted by molar-refractivity contribution is -0.139. The number of nitrogens with one attached hydrogen (secondary N) is 2. The average molecular weight is 443 g/mol. The first kappa shape index (κ1) is 20.5. The molecule has 5 rings (SSSR count). The SMILES string of the molecule is Cc1ccc2c(c1)NC(=O)[C@]21[C@@H](c2cccc(Cl)c2F)[C@H](C(=O)O)NC12CCCCC2. The number of carbonyl (C=O) groups excluding carboxylic acids is 1. The second-order valence-electron chi connectivity index (χ2n) is 9.03. The smallest absolute Gasteiger partial charge is 0.321 e. The van der Waals surface area contributed by atoms with Crippen LogP contribution in [0.3, 0.4) is 0 Å². The molecule has 0 radical (unpaired) electrons. The van der Waals surface area contributed by atoms with Crippen LogP contribution in [0.25, 0.3) is 0 Å². The number of fused-ring (bicyclic) bond motifs is 3. The van der Waals surface area contributed by atoms with E-state index in [9.17, 15) is 14.7 Å². The van der Waals surface area contributed by atoms with Gasteiger partial charge in [0.15, 0.2) is 0 Å². The van der Waals surface area contributed by atoms with Gasteiger partial charge in [-0.15, -0.1) is 0 Å². The highest BCUT2D eigenvalue weighted by atomic mass is 35.5. The minimum atomic E-state index is -1.25. The number of aryl methyl sites for hydroxylation is 1. The van der Waals surface area contributed by atoms with E-state index >= 15 is 4.39 Å². The summed E-state index contributed by atoms with van der Waals surface area (Å²) in [6.45, 7) is 1.94. The Morgan fingerprint density at radius 1 is 1.19 bits per heavy atom. The van der Waals surface area contributed by atoms with E-state index in [1.165, 1.54) is 6.07 Å². The summed E-state index contributed by atoms with van der Waals surface area (Å²) >= 11 is 6.11. The molecule has 2 aromatic rings. The fourth-order valence-corrected chi connectivity index (χ4v) is 6.53. The topological polar surface area (TPSA) is 78.4 Å². The molecule has 0 bridgehead atoms. The molecule has 1 aliphatic carbocycles. The molecule has 162 valence electrons. The number of amides is 1. The quantitative estimate of drug-likeness (QED) is 0.639. The van der Waals surface area contributed by atoms with Crippen LogP contribution < -0.4 is 10.6 Å². The predicted octanol–water partition coefficient (Wildman–Crippen LogP) is 4.52. The molecular formula is C24H24ClFN2O3. The van der Waals surface area contributed by atoms with Gasteiger partial charge in [-0.3, -0.25) is 14.9 Å². The number of halogens is 2. The lowest BCUT2D eigenvalue weighted by Crippen LogP contribution is -2.60. The van der Waals surface area contributed by atoms with E-state index in [4.69, 9.17) is 11.6 Å². The van der Waals surface area contributed by atoms with Crippen molar-refractivity contribution in [2.45, 2.75) is 61.9 Å². The Balaban J connectivity index is 1.86. The highest BCUT2D eigenvalue weighted by Crippen LogP contribution is 2.62. The molecule has 0 aromatic heterocycles. The molecule has 2 aromatic carbocycles. The lowest BCUT2D eigenvalue weighted by Gasteiger charge is -2.47. The van der Waals surface area contributed by atoms with Crippen LogP contribution in [0.2, 0.25) is 5.02 Å². The van der Waals surface area contributed by atoms with E-state index in [0.717, 1.165) is 30.4 Å². The minimum Gasteiger partial charge on any atom is -0.480 e. The van der Waals surface area contributed by atoms with E-state index in [0.29, 0.717) is 18.5 Å². The van der Waals surface area contributed by atoms with Crippen LogP contribution in [0.1, 0.15) is 54.7 Å². The zero-order valence-electron chi connectivity index (χ0n) is 17.2. The molecule has 2 spiro atoms. The van der Waals surface area contributed by atoms with Crippen molar-refractivity contribution in [1.82, 2.24) is 5.32 Å². The summed E-state index contributed by atoms with van der Waals surface area (Å²) in [5, 5.41) is 16.5. The molecule has 5 nitrogen and oxygen atoms in total. The maximum absolute atomic E-state index is 15.4. The van der Waals surface area contributed by atoms with Crippen molar-refractivity contribution in [2.75, 3.05) is 5.32 Å². The standard InChI is InChI=1S/C24H24ClFN2O3/c1-13-8-9-15-17(12-13)27-22(31)24(15)18(14-6-5-7-16(25)19(14)26)20(21(29)30)28-23(24)10-3-2-4-11-23/h5-9,12,18,20,28H,2-4,10-11H2,1H3,(H,27,31)(H,29,30)/t18-,20+,24+/m0/s1. The molecule has 2 aliphatic heterocycles. The van der Waals surface area contributed by atoms with Crippen LogP contribution >= 0.6 is 11.6 Å². The third kappa shape index (κ3) is 2.64. The third-order valence-electron chi connectivity index (χ3n) is 7.48. The zero-order valence-corrected chi connectivity index (χ0v) is 17.9. The Morgan fingerprint density at radius 3 is 2.65 bits per heavy atom. The minimum absolute atomic E-state index is 0.0797. The van der Waals surface area contributed by atoms with Gasteiger partial charge in [0.2, 0.25) is 5.91 Å². The molecule has 3 N–H and O–H groups in total. The molecular weight excluding hydrogens is 419 g/mol. The highest BCUT2D eigenvalue weighted by Gasteiger charge is 2.72. The fraction of sp³-hybridized carbons (Fsp3) is 0.417. The molecule has 0 unspecified atom stereocenters. The summed E-state index contributed by atoms with van der Waals surface area (Å²) in [6, 6.07) is 9.22. The first-order valence-electron chi connectivity index (χ1n) is 10.7. The van der Waals surface area contributed by atoms with Crippen molar-refractivity contribution in [1.29, 1.82) is 0 Å². The van der Waals surface area contributed by atoms with Crippen LogP contribution in [0.5, 0.6) is 0 Å². The summed E-state index contributed by atoms with van der Waals surface area (Å²) in [6.07, 6.45) is 4.07. The number of hydrogen-bond acceptors (Lipinski definition) is 3. The summed E-state index contributed by atoms with van der Waals surface area (Å²) in [4.78, 5) is 26.4. The van der Waals surface area contributed by atoms with Crippen molar-refractivity contribution in [3.05, 3.63) is 63.9 Å². The first-order chi connectivity index (χ1) is 14.8. The van der Waals surface area contributed by atoms with Crippen molar-refractivity contribution >= 4 is 29.2 Å². The predicted molar refractivity (Wildman–Crippen MR) is 116 cm³/mol. The molecule has 3 atom stereocenters. The number of aliphatic carboxylic acids is 1. The van der Waals surface area contributed by atoms with Crippen molar-refractivity contribution < 1.29 is 19.1 Å². The number of hydrogen-bond donors (Lipinski definition) is 3. The Bertz CT molecular complexity index is 1100. The number of carboxylic acid groups (broad SMARTS) is 1. The number of benzene rings is 2. The van der Waals surface area contributed by atoms with Crippen LogP contribution in [0, 0.1) is 12.7 Å². The average Bonchev–Trinajstić information content (AvgIpc) is 3.18. The van der Waals surface area contributed by atoms with E-state index in [2.05, 4.69) is 10.6 Å². The van der Waals surface area contributed by atoms with Gasteiger partial charge in [0.25, 0.3) is 0 Å². The molecule has 3 aliphatic rings. The Kier molecular flexibility index (Phi) is 4.65. The van der Waals surface area contributed by atoms with Crippen LogP contribution in [-0.2, 0) is 15.0 Å². The second-order valence-corrected chi connectivity index (χ2v) is 9.44. The van der Waals surface area contributed by atoms with E-state index in [1.54, 1.807) is 12.1 Å². The van der Waals surface area contributed by atoms with Gasteiger partial charge >= 0.3 is 5.97 Å². The maximum atomic E-state index is 15.4. The normalized spacial score (nSPS) is 28.7. The lowest BCUT2D eigenvalue weighted by atomic mass is 9.55. The third-order valence-corrected chi connectivity index (χ3v) is 7.77. The molecule has 31 heavy (non-hydrogen) atoms. The largest absolute Gasteiger partial charge is 0.480 e. The summed E-state index contributed by atoms with van der Waals surface area (Å²) < 4.78 is 15.4. The van der Waals surface area contributed by atoms with Gasteiger partial charge in [-0.25, -0.2) is 4.39 Å². The molecule has 2 fully saturated rings. The Morgan fingerprint density at radius 2 is 1.94 bits per heavy atom. The molecule has 2 heterocycles. The first-order valence-corrected chi connectivity index (χ1v) is 11.1. The van der Waals surface area contributed by atoms with E-state index in [-0.39, 0.29) is 16.5 Å². The molecule has 1 saturated carbocycles. The Labute approximate surface area is 185 Å². The van der Waals surface area contributed by atoms with Gasteiger partial charge in [-0.1, -0.05) is 55.1 Å². The second kappa shape index (κ2) is 7.04. The maximum Gasteiger partial charge on any atom is 0.321 e. The number of anilines is 1. The van der Waals surface area contributed by atoms with Crippen LogP contribution in [0.4, 0.5) is 10.1 Å². The molecule has 1 amide bonds. The highest BCUT2D eigenvalue weighted by molar-refractivity contribution is 6.30. The van der Waals surface area contributed by atoms with Gasteiger partial charge in [0.05, 0.1) is 5.02 Å². The number of carbonyl (C=O) groups is 2. The van der Waals surface area contributed by atoms with Gasteiger partial charge < -0.3 is 10.4 Å². The summed E-state index contributed by atoms with van der Waals surface area (Å²) in [5.41, 5.74) is 0.544. The van der Waals surface area contributed by atoms with Crippen molar-refractivity contribution in [2.24, 2.45) is 0 Å². The number of rotatable bonds is 2. The van der Waals surface area contributed by atoms with E-state index < -0.39 is 34.7 Å². The van der Waals surface area contributed by atoms with E-state index in [1.807, 2.05) is 25.1 Å². The summed E-state index contributed by atoms with van der Waals surface area (Å²) in [7, 11) is 0. The molecule has 1 saturated heterocycles. The zero-order chi connectivity index (χ0) is 22.0. The van der Waals surface area contributed by atoms with Gasteiger partial charge in [-0.2, -0.15) is 0 Å². The molecule has 7 heteroatoms. The number of carboxylic acids is 1. The van der Waals surface area contributed by atoms with Crippen LogP contribution in [-0.4, -0.2) is 28.6 Å². The van der Waals surface area contributed by atoms with Crippen molar-refractivity contribution in [3.8, 4) is 0 Å². The fourth-order valence-electron chi connectivity index (χ4n) is 6.35.